The Morgan fingerprint density at radius 3 is 2.27 bits per heavy atom. The molecule has 0 saturated carbocycles. The fourth-order valence-corrected chi connectivity index (χ4v) is 2.61. The van der Waals surface area contributed by atoms with Crippen LogP contribution in [0.4, 0.5) is 4.39 Å². The quantitative estimate of drug-likeness (QED) is 0.770. The van der Waals surface area contributed by atoms with Gasteiger partial charge in [0.1, 0.15) is 30.5 Å². The van der Waals surface area contributed by atoms with Crippen LogP contribution in [0.2, 0.25) is 0 Å². The maximum atomic E-state index is 12.9. The zero-order chi connectivity index (χ0) is 16.2. The van der Waals surface area contributed by atoms with E-state index in [-0.39, 0.29) is 23.9 Å². The van der Waals surface area contributed by atoms with Gasteiger partial charge < -0.3 is 9.47 Å². The smallest absolute Gasteiger partial charge is 0.238 e. The number of benzene rings is 2. The summed E-state index contributed by atoms with van der Waals surface area (Å²) in [7, 11) is -3.71. The molecule has 0 aromatic heterocycles. The molecule has 2 aromatic rings. The van der Waals surface area contributed by atoms with Crippen molar-refractivity contribution in [3.63, 3.8) is 0 Å². The molecule has 0 aliphatic heterocycles. The van der Waals surface area contributed by atoms with Crippen LogP contribution in [0.3, 0.4) is 0 Å². The van der Waals surface area contributed by atoms with Crippen molar-refractivity contribution in [2.45, 2.75) is 4.90 Å². The van der Waals surface area contributed by atoms with E-state index in [1.807, 2.05) is 0 Å². The maximum absolute atomic E-state index is 12.9. The fourth-order valence-electron chi connectivity index (χ4n) is 1.63. The second kappa shape index (κ2) is 7.08. The third-order valence-corrected chi connectivity index (χ3v) is 4.20. The summed E-state index contributed by atoms with van der Waals surface area (Å²) in [6.45, 7) is 0.500. The number of primary sulfonamides is 1. The van der Waals surface area contributed by atoms with Gasteiger partial charge in [0.25, 0.3) is 0 Å². The van der Waals surface area contributed by atoms with Crippen molar-refractivity contribution in [2.24, 2.45) is 5.14 Å². The molecule has 0 aliphatic rings. The van der Waals surface area contributed by atoms with Crippen LogP contribution in [-0.4, -0.2) is 21.6 Å². The number of rotatable bonds is 6. The van der Waals surface area contributed by atoms with Crippen molar-refractivity contribution in [2.75, 3.05) is 13.2 Å². The van der Waals surface area contributed by atoms with Crippen LogP contribution in [0.15, 0.2) is 51.8 Å². The first-order chi connectivity index (χ1) is 10.4. The Bertz CT molecular complexity index is 750. The van der Waals surface area contributed by atoms with Crippen LogP contribution >= 0.6 is 15.9 Å². The highest BCUT2D eigenvalue weighted by Gasteiger charge is 2.07. The largest absolute Gasteiger partial charge is 0.490 e. The number of ether oxygens (including phenoxy) is 2. The van der Waals surface area contributed by atoms with Crippen molar-refractivity contribution in [1.29, 1.82) is 0 Å². The molecule has 0 fully saturated rings. The van der Waals surface area contributed by atoms with Gasteiger partial charge in [-0.25, -0.2) is 17.9 Å². The summed E-state index contributed by atoms with van der Waals surface area (Å²) in [5, 5.41) is 5.00. The standard InChI is InChI=1S/C14H13BrFNO4S/c15-13-9-10(16)1-6-14(13)21-8-7-20-11-2-4-12(5-3-11)22(17,18)19/h1-6,9H,7-8H2,(H2,17,18,19). The molecule has 0 aliphatic carbocycles. The predicted octanol–water partition coefficient (Wildman–Crippen LogP) is 2.69. The molecule has 0 amide bonds. The van der Waals surface area contributed by atoms with Crippen molar-refractivity contribution in [3.05, 3.63) is 52.8 Å². The van der Waals surface area contributed by atoms with Gasteiger partial charge in [0.15, 0.2) is 0 Å². The molecule has 0 bridgehead atoms. The number of hydrogen-bond donors (Lipinski definition) is 1. The number of nitrogens with two attached hydrogens (primary N) is 1. The Labute approximate surface area is 136 Å². The molecule has 0 atom stereocenters. The first-order valence-electron chi connectivity index (χ1n) is 6.20. The molecule has 0 unspecified atom stereocenters. The van der Waals surface area contributed by atoms with E-state index < -0.39 is 10.0 Å². The van der Waals surface area contributed by atoms with Crippen molar-refractivity contribution in [3.8, 4) is 11.5 Å². The second-order valence-electron chi connectivity index (χ2n) is 4.29. The Balaban J connectivity index is 1.84. The Morgan fingerprint density at radius 2 is 1.68 bits per heavy atom. The minimum atomic E-state index is -3.71. The lowest BCUT2D eigenvalue weighted by molar-refractivity contribution is 0.216. The molecule has 0 saturated heterocycles. The van der Waals surface area contributed by atoms with E-state index in [0.29, 0.717) is 16.0 Å². The summed E-state index contributed by atoms with van der Waals surface area (Å²) in [5.41, 5.74) is 0. The van der Waals surface area contributed by atoms with E-state index in [0.717, 1.165) is 0 Å². The summed E-state index contributed by atoms with van der Waals surface area (Å²) in [4.78, 5) is 0.0198. The van der Waals surface area contributed by atoms with Gasteiger partial charge in [-0.1, -0.05) is 0 Å². The van der Waals surface area contributed by atoms with Crippen molar-refractivity contribution >= 4 is 26.0 Å². The Morgan fingerprint density at radius 1 is 1.05 bits per heavy atom. The maximum Gasteiger partial charge on any atom is 0.238 e. The fraction of sp³-hybridized carbons (Fsp3) is 0.143. The average molecular weight is 390 g/mol. The SMILES string of the molecule is NS(=O)(=O)c1ccc(OCCOc2ccc(F)cc2Br)cc1. The molecular formula is C14H13BrFNO4S. The van der Waals surface area contributed by atoms with E-state index in [9.17, 15) is 12.8 Å². The molecule has 2 N–H and O–H groups in total. The summed E-state index contributed by atoms with van der Waals surface area (Å²) in [5.74, 6) is 0.647. The lowest BCUT2D eigenvalue weighted by atomic mass is 10.3. The summed E-state index contributed by atoms with van der Waals surface area (Å²) < 4.78 is 46.5. The molecule has 22 heavy (non-hydrogen) atoms. The van der Waals surface area contributed by atoms with E-state index in [2.05, 4.69) is 15.9 Å². The highest BCUT2D eigenvalue weighted by molar-refractivity contribution is 9.10. The molecule has 0 spiro atoms. The van der Waals surface area contributed by atoms with Crippen LogP contribution in [0.1, 0.15) is 0 Å². The minimum Gasteiger partial charge on any atom is -0.490 e. The molecule has 2 rings (SSSR count). The van der Waals surface area contributed by atoms with Gasteiger partial charge in [0.05, 0.1) is 9.37 Å². The molecule has 8 heteroatoms. The first kappa shape index (κ1) is 16.7. The highest BCUT2D eigenvalue weighted by atomic mass is 79.9. The minimum absolute atomic E-state index is 0.0198. The monoisotopic (exact) mass is 389 g/mol. The van der Waals surface area contributed by atoms with Gasteiger partial charge in [-0.05, 0) is 58.4 Å². The Kier molecular flexibility index (Phi) is 5.38. The van der Waals surface area contributed by atoms with Crippen LogP contribution in [0.25, 0.3) is 0 Å². The summed E-state index contributed by atoms with van der Waals surface area (Å²) in [6.07, 6.45) is 0. The van der Waals surface area contributed by atoms with E-state index in [1.165, 1.54) is 42.5 Å². The Hall–Kier alpha value is -1.64. The topological polar surface area (TPSA) is 78.6 Å². The van der Waals surface area contributed by atoms with Crippen molar-refractivity contribution in [1.82, 2.24) is 0 Å². The van der Waals surface area contributed by atoms with Gasteiger partial charge in [-0.2, -0.15) is 0 Å². The molecule has 2 aromatic carbocycles. The van der Waals surface area contributed by atoms with Crippen molar-refractivity contribution < 1.29 is 22.3 Å². The van der Waals surface area contributed by atoms with E-state index in [4.69, 9.17) is 14.6 Å². The lowest BCUT2D eigenvalue weighted by Gasteiger charge is -2.10. The number of halogens is 2. The zero-order valence-electron chi connectivity index (χ0n) is 11.3. The van der Waals surface area contributed by atoms with Gasteiger partial charge >= 0.3 is 0 Å². The normalized spacial score (nSPS) is 11.2. The first-order valence-corrected chi connectivity index (χ1v) is 8.54. The number of hydrogen-bond acceptors (Lipinski definition) is 4. The highest BCUT2D eigenvalue weighted by Crippen LogP contribution is 2.25. The van der Waals surface area contributed by atoms with Crippen LogP contribution in [-0.2, 0) is 10.0 Å². The molecule has 5 nitrogen and oxygen atoms in total. The number of sulfonamides is 1. The molecular weight excluding hydrogens is 377 g/mol. The van der Waals surface area contributed by atoms with E-state index >= 15 is 0 Å². The van der Waals surface area contributed by atoms with Gasteiger partial charge in [-0.3, -0.25) is 0 Å². The van der Waals surface area contributed by atoms with Gasteiger partial charge in [0, 0.05) is 0 Å². The third-order valence-electron chi connectivity index (χ3n) is 2.66. The summed E-state index contributed by atoms with van der Waals surface area (Å²) >= 11 is 3.20. The van der Waals surface area contributed by atoms with Crippen LogP contribution < -0.4 is 14.6 Å². The lowest BCUT2D eigenvalue weighted by Crippen LogP contribution is -2.12. The zero-order valence-corrected chi connectivity index (χ0v) is 13.7. The van der Waals surface area contributed by atoms with Crippen LogP contribution in [0.5, 0.6) is 11.5 Å². The average Bonchev–Trinajstić information content (AvgIpc) is 2.45. The van der Waals surface area contributed by atoms with Gasteiger partial charge in [0.2, 0.25) is 10.0 Å². The molecule has 0 heterocycles. The predicted molar refractivity (Wildman–Crippen MR) is 82.9 cm³/mol. The van der Waals surface area contributed by atoms with Crippen LogP contribution in [0, 0.1) is 5.82 Å². The third kappa shape index (κ3) is 4.69. The van der Waals surface area contributed by atoms with Gasteiger partial charge in [-0.15, -0.1) is 0 Å². The second-order valence-corrected chi connectivity index (χ2v) is 6.70. The molecule has 118 valence electrons. The molecule has 0 radical (unpaired) electrons. The van der Waals surface area contributed by atoms with E-state index in [1.54, 1.807) is 0 Å². The summed E-state index contributed by atoms with van der Waals surface area (Å²) in [6, 6.07) is 9.86.